The second-order valence-electron chi connectivity index (χ2n) is 8.35. The lowest BCUT2D eigenvalue weighted by molar-refractivity contribution is 0.0731. The number of carbonyl (C=O) groups excluding carboxylic acids is 1. The Morgan fingerprint density at radius 1 is 1.12 bits per heavy atom. The van der Waals surface area contributed by atoms with Gasteiger partial charge in [0.1, 0.15) is 11.3 Å². The molecule has 0 saturated carbocycles. The summed E-state index contributed by atoms with van der Waals surface area (Å²) in [6.45, 7) is 9.42. The van der Waals surface area contributed by atoms with E-state index in [-0.39, 0.29) is 5.91 Å². The normalized spacial score (nSPS) is 15.1. The third-order valence-electron chi connectivity index (χ3n) is 5.97. The quantitative estimate of drug-likeness (QED) is 0.419. The van der Waals surface area contributed by atoms with Crippen molar-refractivity contribution in [2.75, 3.05) is 32.8 Å². The molecule has 4 heterocycles. The fourth-order valence-electron chi connectivity index (χ4n) is 4.31. The zero-order valence-electron chi connectivity index (χ0n) is 19.5. The molecule has 10 heteroatoms. The Morgan fingerprint density at radius 2 is 2.00 bits per heavy atom. The van der Waals surface area contributed by atoms with Crippen molar-refractivity contribution in [1.29, 1.82) is 0 Å². The van der Waals surface area contributed by atoms with Crippen LogP contribution in [0.4, 0.5) is 0 Å². The fourth-order valence-corrected chi connectivity index (χ4v) is 4.31. The van der Waals surface area contributed by atoms with E-state index in [1.807, 2.05) is 43.9 Å². The molecule has 1 fully saturated rings. The van der Waals surface area contributed by atoms with Gasteiger partial charge in [-0.3, -0.25) is 9.69 Å². The Balaban J connectivity index is 1.24. The third kappa shape index (κ3) is 4.28. The molecule has 1 aliphatic rings. The molecule has 0 aliphatic carbocycles. The number of rotatable bonds is 6. The van der Waals surface area contributed by atoms with E-state index in [0.29, 0.717) is 67.4 Å². The third-order valence-corrected chi connectivity index (χ3v) is 5.97. The second-order valence-corrected chi connectivity index (χ2v) is 8.35. The van der Waals surface area contributed by atoms with E-state index < -0.39 is 0 Å². The second kappa shape index (κ2) is 9.30. The molecule has 10 nitrogen and oxygen atoms in total. The molecule has 34 heavy (non-hydrogen) atoms. The summed E-state index contributed by atoms with van der Waals surface area (Å²) in [6, 6.07) is 7.46. The largest absolute Gasteiger partial charge is 0.490 e. The summed E-state index contributed by atoms with van der Waals surface area (Å²) in [5, 5.41) is 8.92. The van der Waals surface area contributed by atoms with Gasteiger partial charge >= 0.3 is 0 Å². The lowest BCUT2D eigenvalue weighted by Gasteiger charge is -2.20. The predicted molar refractivity (Wildman–Crippen MR) is 122 cm³/mol. The Morgan fingerprint density at radius 3 is 2.79 bits per heavy atom. The number of amides is 1. The van der Waals surface area contributed by atoms with Crippen molar-refractivity contribution in [3.05, 3.63) is 47.3 Å². The minimum absolute atomic E-state index is 0.110. The van der Waals surface area contributed by atoms with Gasteiger partial charge in [-0.1, -0.05) is 22.4 Å². The van der Waals surface area contributed by atoms with Gasteiger partial charge in [-0.2, -0.15) is 4.98 Å². The number of aromatic nitrogens is 3. The summed E-state index contributed by atoms with van der Waals surface area (Å²) >= 11 is 0. The molecule has 1 saturated heterocycles. The van der Waals surface area contributed by atoms with Crippen molar-refractivity contribution >= 4 is 16.9 Å². The van der Waals surface area contributed by atoms with Gasteiger partial charge in [-0.25, -0.2) is 0 Å². The average molecular weight is 466 g/mol. The molecule has 0 radical (unpaired) electrons. The predicted octanol–water partition coefficient (Wildman–Crippen LogP) is 3.83. The van der Waals surface area contributed by atoms with Gasteiger partial charge in [0, 0.05) is 31.6 Å². The van der Waals surface area contributed by atoms with Crippen molar-refractivity contribution in [3.8, 4) is 17.2 Å². The van der Waals surface area contributed by atoms with Gasteiger partial charge in [-0.15, -0.1) is 0 Å². The Hall–Kier alpha value is -3.66. The fraction of sp³-hybridized carbons (Fsp3) is 0.417. The van der Waals surface area contributed by atoms with E-state index >= 15 is 0 Å². The number of furan rings is 1. The molecule has 0 unspecified atom stereocenters. The molecule has 0 N–H and O–H groups in total. The summed E-state index contributed by atoms with van der Waals surface area (Å²) in [4.78, 5) is 21.8. The highest BCUT2D eigenvalue weighted by atomic mass is 16.5. The summed E-state index contributed by atoms with van der Waals surface area (Å²) in [5.74, 6) is 2.52. The lowest BCUT2D eigenvalue weighted by atomic mass is 10.2. The van der Waals surface area contributed by atoms with Crippen LogP contribution < -0.4 is 4.74 Å². The summed E-state index contributed by atoms with van der Waals surface area (Å²) in [5.41, 5.74) is 2.07. The molecule has 5 rings (SSSR count). The number of para-hydroxylation sites is 1. The number of aryl methyl sites for hydroxylation is 2. The van der Waals surface area contributed by atoms with Gasteiger partial charge in [0.25, 0.3) is 11.8 Å². The molecule has 1 aliphatic heterocycles. The van der Waals surface area contributed by atoms with Gasteiger partial charge < -0.3 is 23.1 Å². The highest BCUT2D eigenvalue weighted by Gasteiger charge is 2.25. The van der Waals surface area contributed by atoms with Crippen molar-refractivity contribution < 1.29 is 23.0 Å². The smallest absolute Gasteiger partial charge is 0.289 e. The molecule has 0 spiro atoms. The average Bonchev–Trinajstić information content (AvgIpc) is 3.50. The van der Waals surface area contributed by atoms with E-state index in [4.69, 9.17) is 18.2 Å². The first-order chi connectivity index (χ1) is 16.5. The maximum absolute atomic E-state index is 13.2. The Kier molecular flexibility index (Phi) is 6.06. The van der Waals surface area contributed by atoms with Crippen LogP contribution in [0.2, 0.25) is 0 Å². The van der Waals surface area contributed by atoms with E-state index in [1.165, 1.54) is 0 Å². The van der Waals surface area contributed by atoms with Crippen LogP contribution in [0.5, 0.6) is 5.75 Å². The molecule has 3 aromatic heterocycles. The van der Waals surface area contributed by atoms with Crippen molar-refractivity contribution in [2.45, 2.75) is 33.7 Å². The highest BCUT2D eigenvalue weighted by molar-refractivity contribution is 5.97. The molecule has 1 aromatic carbocycles. The van der Waals surface area contributed by atoms with Crippen LogP contribution in [0, 0.1) is 13.8 Å². The number of hydrogen-bond acceptors (Lipinski definition) is 9. The van der Waals surface area contributed by atoms with Crippen LogP contribution in [0.1, 0.15) is 41.2 Å². The first-order valence-corrected chi connectivity index (χ1v) is 11.5. The van der Waals surface area contributed by atoms with Crippen LogP contribution in [0.15, 0.2) is 37.7 Å². The number of nitrogens with zero attached hydrogens (tertiary/aromatic N) is 5. The summed E-state index contributed by atoms with van der Waals surface area (Å²) < 4.78 is 22.2. The van der Waals surface area contributed by atoms with E-state index in [9.17, 15) is 4.79 Å². The minimum atomic E-state index is -0.110. The standard InChI is InChI=1S/C24H27N5O5/c1-4-31-18-8-5-7-17-13-19(32-22(17)18)24(30)29-10-6-9-28(11-12-29)14-20-25-23(34-27-20)21-15(2)26-33-16(21)3/h5,7-8,13H,4,6,9-12,14H2,1-3H3. The van der Waals surface area contributed by atoms with Crippen molar-refractivity contribution in [1.82, 2.24) is 25.1 Å². The lowest BCUT2D eigenvalue weighted by Crippen LogP contribution is -2.35. The van der Waals surface area contributed by atoms with Crippen molar-refractivity contribution in [2.24, 2.45) is 0 Å². The molecule has 4 aromatic rings. The van der Waals surface area contributed by atoms with Crippen LogP contribution >= 0.6 is 0 Å². The van der Waals surface area contributed by atoms with Crippen LogP contribution in [-0.2, 0) is 6.54 Å². The first-order valence-electron chi connectivity index (χ1n) is 11.5. The van der Waals surface area contributed by atoms with Crippen molar-refractivity contribution in [3.63, 3.8) is 0 Å². The summed E-state index contributed by atoms with van der Waals surface area (Å²) in [7, 11) is 0. The maximum atomic E-state index is 13.2. The molecule has 1 amide bonds. The molecule has 178 valence electrons. The molecular weight excluding hydrogens is 438 g/mol. The zero-order valence-corrected chi connectivity index (χ0v) is 19.5. The van der Waals surface area contributed by atoms with Gasteiger partial charge in [-0.05, 0) is 39.3 Å². The number of carbonyl (C=O) groups is 1. The number of hydrogen-bond donors (Lipinski definition) is 0. The Labute approximate surface area is 196 Å². The minimum Gasteiger partial charge on any atom is -0.490 e. The van der Waals surface area contributed by atoms with E-state index in [0.717, 1.165) is 29.6 Å². The maximum Gasteiger partial charge on any atom is 0.289 e. The Bertz CT molecular complexity index is 1290. The van der Waals surface area contributed by atoms with Gasteiger partial charge in [0.2, 0.25) is 0 Å². The first kappa shape index (κ1) is 22.1. The molecule has 0 atom stereocenters. The van der Waals surface area contributed by atoms with E-state index in [1.54, 1.807) is 6.07 Å². The van der Waals surface area contributed by atoms with Crippen LogP contribution in [0.25, 0.3) is 22.4 Å². The van der Waals surface area contributed by atoms with Gasteiger partial charge in [0.05, 0.1) is 18.8 Å². The van der Waals surface area contributed by atoms with Crippen LogP contribution in [-0.4, -0.2) is 63.8 Å². The van der Waals surface area contributed by atoms with Gasteiger partial charge in [0.15, 0.2) is 22.9 Å². The SMILES string of the molecule is CCOc1cccc2cc(C(=O)N3CCCN(Cc4noc(-c5c(C)noc5C)n4)CC3)oc12. The highest BCUT2D eigenvalue weighted by Crippen LogP contribution is 2.30. The topological polar surface area (TPSA) is 111 Å². The number of fused-ring (bicyclic) bond motifs is 1. The number of ether oxygens (including phenoxy) is 1. The monoisotopic (exact) mass is 465 g/mol. The zero-order chi connectivity index (χ0) is 23.7. The molecular formula is C24H27N5O5. The van der Waals surface area contributed by atoms with Crippen LogP contribution in [0.3, 0.4) is 0 Å². The number of benzene rings is 1. The summed E-state index contributed by atoms with van der Waals surface area (Å²) in [6.07, 6.45) is 0.838. The molecule has 0 bridgehead atoms. The van der Waals surface area contributed by atoms with E-state index in [2.05, 4.69) is 20.2 Å².